The van der Waals surface area contributed by atoms with Crippen LogP contribution in [0, 0.1) is 0 Å². The van der Waals surface area contributed by atoms with Crippen molar-refractivity contribution < 1.29 is 9.59 Å². The number of anilines is 1. The van der Waals surface area contributed by atoms with E-state index in [4.69, 9.17) is 0 Å². The molecule has 3 rings (SSSR count). The Hall–Kier alpha value is -3.47. The molecule has 0 spiro atoms. The van der Waals surface area contributed by atoms with E-state index in [0.29, 0.717) is 36.6 Å². The van der Waals surface area contributed by atoms with Crippen LogP contribution in [-0.2, 0) is 17.8 Å². The number of rotatable bonds is 8. The first kappa shape index (κ1) is 21.2. The molecule has 0 saturated carbocycles. The average molecular weight is 402 g/mol. The lowest BCUT2D eigenvalue weighted by Crippen LogP contribution is -2.22. The third kappa shape index (κ3) is 6.01. The number of aryl methyl sites for hydroxylation is 1. The summed E-state index contributed by atoms with van der Waals surface area (Å²) < 4.78 is 0. The van der Waals surface area contributed by atoms with Gasteiger partial charge in [0.1, 0.15) is 0 Å². The van der Waals surface area contributed by atoms with E-state index in [0.717, 1.165) is 5.56 Å². The predicted octanol–water partition coefficient (Wildman–Crippen LogP) is 4.71. The summed E-state index contributed by atoms with van der Waals surface area (Å²) in [7, 11) is 0. The topological polar surface area (TPSA) is 71.1 Å². The zero-order valence-corrected chi connectivity index (χ0v) is 17.4. The summed E-state index contributed by atoms with van der Waals surface area (Å²) >= 11 is 0. The number of benzene rings is 2. The smallest absolute Gasteiger partial charge is 0.251 e. The number of carbonyl (C=O) groups is 2. The van der Waals surface area contributed by atoms with Gasteiger partial charge in [-0.15, -0.1) is 0 Å². The molecular weight excluding hydrogens is 374 g/mol. The van der Waals surface area contributed by atoms with Crippen molar-refractivity contribution in [3.8, 4) is 0 Å². The predicted molar refractivity (Wildman–Crippen MR) is 119 cm³/mol. The summed E-state index contributed by atoms with van der Waals surface area (Å²) in [6.07, 6.45) is 4.53. The fraction of sp³-hybridized carbons (Fsp3) is 0.240. The first-order chi connectivity index (χ1) is 14.5. The molecule has 0 aliphatic rings. The highest BCUT2D eigenvalue weighted by Gasteiger charge is 2.10. The molecule has 2 amide bonds. The molecule has 154 valence electrons. The standard InChI is InChI=1S/C25H27N3O2/c1-18(2)23-8-4-3-7-20(23)11-14-24(29)28-22-12-9-21(10-13-22)25(30)27-17-19-6-5-15-26-16-19/h3-10,12-13,15-16,18H,11,14,17H2,1-2H3,(H,27,30)(H,28,29). The molecule has 0 unspecified atom stereocenters. The van der Waals surface area contributed by atoms with Crippen LogP contribution in [0.4, 0.5) is 5.69 Å². The van der Waals surface area contributed by atoms with Crippen LogP contribution in [-0.4, -0.2) is 16.8 Å². The highest BCUT2D eigenvalue weighted by Crippen LogP contribution is 2.20. The van der Waals surface area contributed by atoms with E-state index < -0.39 is 0 Å². The number of aromatic nitrogens is 1. The van der Waals surface area contributed by atoms with Crippen molar-refractivity contribution in [1.29, 1.82) is 0 Å². The van der Waals surface area contributed by atoms with Gasteiger partial charge in [0.25, 0.3) is 5.91 Å². The third-order valence-electron chi connectivity index (χ3n) is 4.91. The van der Waals surface area contributed by atoms with Gasteiger partial charge in [0.15, 0.2) is 0 Å². The van der Waals surface area contributed by atoms with Crippen LogP contribution in [0.1, 0.15) is 53.2 Å². The van der Waals surface area contributed by atoms with Gasteiger partial charge in [-0.2, -0.15) is 0 Å². The summed E-state index contributed by atoms with van der Waals surface area (Å²) in [6.45, 7) is 4.74. The van der Waals surface area contributed by atoms with Crippen molar-refractivity contribution in [2.45, 2.75) is 39.2 Å². The maximum atomic E-state index is 12.3. The molecule has 5 nitrogen and oxygen atoms in total. The lowest BCUT2D eigenvalue weighted by molar-refractivity contribution is -0.116. The number of pyridine rings is 1. The zero-order valence-electron chi connectivity index (χ0n) is 17.4. The summed E-state index contributed by atoms with van der Waals surface area (Å²) in [4.78, 5) is 28.7. The minimum absolute atomic E-state index is 0.0395. The maximum absolute atomic E-state index is 12.3. The number of hydrogen-bond donors (Lipinski definition) is 2. The van der Waals surface area contributed by atoms with E-state index in [1.807, 2.05) is 24.3 Å². The van der Waals surface area contributed by atoms with Gasteiger partial charge in [-0.05, 0) is 59.4 Å². The normalized spacial score (nSPS) is 10.6. The number of nitrogens with one attached hydrogen (secondary N) is 2. The molecule has 1 aromatic heterocycles. The van der Waals surface area contributed by atoms with Gasteiger partial charge < -0.3 is 10.6 Å². The minimum Gasteiger partial charge on any atom is -0.348 e. The van der Waals surface area contributed by atoms with E-state index in [-0.39, 0.29) is 11.8 Å². The Labute approximate surface area is 177 Å². The molecule has 0 aliphatic heterocycles. The molecule has 0 atom stereocenters. The van der Waals surface area contributed by atoms with Gasteiger partial charge in [-0.1, -0.05) is 44.2 Å². The second-order valence-corrected chi connectivity index (χ2v) is 7.52. The highest BCUT2D eigenvalue weighted by atomic mass is 16.2. The van der Waals surface area contributed by atoms with Crippen molar-refractivity contribution in [1.82, 2.24) is 10.3 Å². The quantitative estimate of drug-likeness (QED) is 0.574. The van der Waals surface area contributed by atoms with Crippen LogP contribution in [0.15, 0.2) is 73.1 Å². The Kier molecular flexibility index (Phi) is 7.33. The fourth-order valence-corrected chi connectivity index (χ4v) is 3.29. The van der Waals surface area contributed by atoms with Crippen LogP contribution < -0.4 is 10.6 Å². The Balaban J connectivity index is 1.50. The van der Waals surface area contributed by atoms with Gasteiger partial charge in [-0.25, -0.2) is 0 Å². The highest BCUT2D eigenvalue weighted by molar-refractivity contribution is 5.95. The first-order valence-corrected chi connectivity index (χ1v) is 10.2. The molecule has 0 fully saturated rings. The van der Waals surface area contributed by atoms with Crippen molar-refractivity contribution in [3.05, 3.63) is 95.3 Å². The molecule has 0 radical (unpaired) electrons. The molecule has 0 aliphatic carbocycles. The molecule has 1 heterocycles. The van der Waals surface area contributed by atoms with E-state index in [1.165, 1.54) is 11.1 Å². The molecule has 3 aromatic rings. The van der Waals surface area contributed by atoms with Gasteiger partial charge in [0.05, 0.1) is 0 Å². The van der Waals surface area contributed by atoms with Crippen LogP contribution in [0.2, 0.25) is 0 Å². The van der Waals surface area contributed by atoms with Gasteiger partial charge in [0.2, 0.25) is 5.91 Å². The van der Waals surface area contributed by atoms with E-state index in [1.54, 1.807) is 36.7 Å². The largest absolute Gasteiger partial charge is 0.348 e. The van der Waals surface area contributed by atoms with Gasteiger partial charge in [-0.3, -0.25) is 14.6 Å². The Morgan fingerprint density at radius 2 is 1.73 bits per heavy atom. The lowest BCUT2D eigenvalue weighted by Gasteiger charge is -2.12. The van der Waals surface area contributed by atoms with Crippen molar-refractivity contribution in [2.24, 2.45) is 0 Å². The van der Waals surface area contributed by atoms with Crippen LogP contribution in [0.5, 0.6) is 0 Å². The average Bonchev–Trinajstić information content (AvgIpc) is 2.77. The zero-order chi connectivity index (χ0) is 21.3. The summed E-state index contributed by atoms with van der Waals surface area (Å²) in [5.74, 6) is 0.227. The van der Waals surface area contributed by atoms with Gasteiger partial charge >= 0.3 is 0 Å². The Bertz CT molecular complexity index is 983. The molecule has 2 aromatic carbocycles. The van der Waals surface area contributed by atoms with E-state index in [2.05, 4.69) is 41.6 Å². The molecule has 5 heteroatoms. The lowest BCUT2D eigenvalue weighted by atomic mass is 9.94. The third-order valence-corrected chi connectivity index (χ3v) is 4.91. The first-order valence-electron chi connectivity index (χ1n) is 10.2. The summed E-state index contributed by atoms with van der Waals surface area (Å²) in [6, 6.07) is 18.9. The van der Waals surface area contributed by atoms with Crippen molar-refractivity contribution in [2.75, 3.05) is 5.32 Å². The van der Waals surface area contributed by atoms with Crippen molar-refractivity contribution >= 4 is 17.5 Å². The molecule has 0 saturated heterocycles. The SMILES string of the molecule is CC(C)c1ccccc1CCC(=O)Nc1ccc(C(=O)NCc2cccnc2)cc1. The number of nitrogens with zero attached hydrogens (tertiary/aromatic N) is 1. The number of amides is 2. The summed E-state index contributed by atoms with van der Waals surface area (Å²) in [5, 5.41) is 5.77. The Morgan fingerprint density at radius 1 is 0.967 bits per heavy atom. The second kappa shape index (κ2) is 10.3. The Morgan fingerprint density at radius 3 is 2.43 bits per heavy atom. The molecule has 0 bridgehead atoms. The molecule has 2 N–H and O–H groups in total. The van der Waals surface area contributed by atoms with Crippen LogP contribution in [0.3, 0.4) is 0 Å². The summed E-state index contributed by atoms with van der Waals surface area (Å²) in [5.41, 5.74) is 4.66. The molecular formula is C25H27N3O2. The molecule has 30 heavy (non-hydrogen) atoms. The monoisotopic (exact) mass is 401 g/mol. The van der Waals surface area contributed by atoms with E-state index >= 15 is 0 Å². The second-order valence-electron chi connectivity index (χ2n) is 7.52. The van der Waals surface area contributed by atoms with Crippen LogP contribution >= 0.6 is 0 Å². The maximum Gasteiger partial charge on any atom is 0.251 e. The van der Waals surface area contributed by atoms with Crippen molar-refractivity contribution in [3.63, 3.8) is 0 Å². The fourth-order valence-electron chi connectivity index (χ4n) is 3.29. The number of carbonyl (C=O) groups excluding carboxylic acids is 2. The minimum atomic E-state index is -0.165. The van der Waals surface area contributed by atoms with Crippen LogP contribution in [0.25, 0.3) is 0 Å². The van der Waals surface area contributed by atoms with Gasteiger partial charge in [0, 0.05) is 36.6 Å². The number of hydrogen-bond acceptors (Lipinski definition) is 3. The van der Waals surface area contributed by atoms with E-state index in [9.17, 15) is 9.59 Å².